The second-order valence-corrected chi connectivity index (χ2v) is 9.57. The number of primary amides is 1. The Morgan fingerprint density at radius 2 is 2.00 bits per heavy atom. The Hall–Kier alpha value is -2.89. The molecule has 32 heavy (non-hydrogen) atoms. The second-order valence-electron chi connectivity index (χ2n) is 7.46. The average molecular weight is 481 g/mol. The van der Waals surface area contributed by atoms with Gasteiger partial charge in [0, 0.05) is 10.9 Å². The number of hydrogen-bond donors (Lipinski definition) is 3. The lowest BCUT2D eigenvalue weighted by Gasteiger charge is -2.25. The fourth-order valence-corrected chi connectivity index (χ4v) is 5.27. The van der Waals surface area contributed by atoms with Crippen LogP contribution in [0.15, 0.2) is 35.2 Å². The zero-order valence-corrected chi connectivity index (χ0v) is 19.1. The Balaban J connectivity index is 2.08. The third kappa shape index (κ3) is 4.95. The summed E-state index contributed by atoms with van der Waals surface area (Å²) < 4.78 is 44.0. The number of carbonyl (C=O) groups is 1. The van der Waals surface area contributed by atoms with Crippen LogP contribution < -0.4 is 10.5 Å². The first-order valence-electron chi connectivity index (χ1n) is 9.59. The fourth-order valence-electron chi connectivity index (χ4n) is 3.58. The number of nitrogens with zero attached hydrogens (tertiary/aromatic N) is 3. The third-order valence-corrected chi connectivity index (χ3v) is 7.06. The van der Waals surface area contributed by atoms with Crippen molar-refractivity contribution in [3.8, 4) is 0 Å². The minimum atomic E-state index is -4.23. The van der Waals surface area contributed by atoms with Crippen molar-refractivity contribution in [3.05, 3.63) is 69.2 Å². The topological polar surface area (TPSA) is 144 Å². The quantitative estimate of drug-likeness (QED) is 0.451. The van der Waals surface area contributed by atoms with Crippen LogP contribution in [0.1, 0.15) is 47.0 Å². The van der Waals surface area contributed by atoms with E-state index in [4.69, 9.17) is 17.3 Å². The average Bonchev–Trinajstić information content (AvgIpc) is 3.23. The lowest BCUT2D eigenvalue weighted by atomic mass is 9.88. The number of halogens is 2. The molecule has 0 saturated heterocycles. The van der Waals surface area contributed by atoms with Crippen LogP contribution in [0.4, 0.5) is 4.39 Å². The van der Waals surface area contributed by atoms with Crippen molar-refractivity contribution < 1.29 is 17.6 Å². The number of H-pyrrole nitrogens is 1. The first kappa shape index (κ1) is 23.8. The number of sulfonamides is 1. The summed E-state index contributed by atoms with van der Waals surface area (Å²) in [5.41, 5.74) is 7.27. The van der Waals surface area contributed by atoms with Crippen molar-refractivity contribution in [2.24, 2.45) is 5.73 Å². The molecule has 0 aliphatic heterocycles. The zero-order chi connectivity index (χ0) is 23.6. The second kappa shape index (κ2) is 9.31. The van der Waals surface area contributed by atoms with Gasteiger partial charge in [-0.15, -0.1) is 10.2 Å². The van der Waals surface area contributed by atoms with E-state index in [1.807, 2.05) is 6.92 Å². The monoisotopic (exact) mass is 480 g/mol. The highest BCUT2D eigenvalue weighted by atomic mass is 35.5. The van der Waals surface area contributed by atoms with Crippen LogP contribution in [0.2, 0.25) is 5.02 Å². The third-order valence-electron chi connectivity index (χ3n) is 5.29. The van der Waals surface area contributed by atoms with Crippen LogP contribution in [0, 0.1) is 19.7 Å². The number of carbonyl (C=O) groups excluding carboxylic acids is 1. The predicted molar refractivity (Wildman–Crippen MR) is 116 cm³/mol. The minimum Gasteiger partial charge on any atom is -0.369 e. The van der Waals surface area contributed by atoms with Crippen molar-refractivity contribution in [2.75, 3.05) is 0 Å². The normalized spacial score (nSPS) is 13.7. The van der Waals surface area contributed by atoms with Crippen LogP contribution in [-0.4, -0.2) is 34.9 Å². The van der Waals surface area contributed by atoms with Crippen LogP contribution in [0.25, 0.3) is 0 Å². The van der Waals surface area contributed by atoms with E-state index in [0.717, 1.165) is 5.56 Å². The van der Waals surface area contributed by atoms with Crippen LogP contribution in [0.5, 0.6) is 0 Å². The van der Waals surface area contributed by atoms with Gasteiger partial charge in [0.2, 0.25) is 15.9 Å². The lowest BCUT2D eigenvalue weighted by Crippen LogP contribution is -2.34. The predicted octanol–water partition coefficient (Wildman–Crippen LogP) is 2.46. The highest BCUT2D eigenvalue weighted by molar-refractivity contribution is 7.89. The SMILES string of the molecule is Cc1ccc(F)c(C(C)C(NS(=O)(=O)c2ccc(Cl)cc2CC(N)=O)c2nn[nH]n2)c1C. The van der Waals surface area contributed by atoms with Gasteiger partial charge in [0.15, 0.2) is 5.82 Å². The highest BCUT2D eigenvalue weighted by Crippen LogP contribution is 2.35. The van der Waals surface area contributed by atoms with E-state index >= 15 is 0 Å². The molecule has 0 aliphatic rings. The molecule has 0 radical (unpaired) electrons. The van der Waals surface area contributed by atoms with Gasteiger partial charge in [-0.3, -0.25) is 4.79 Å². The largest absolute Gasteiger partial charge is 0.369 e. The minimum absolute atomic E-state index is 0.0341. The number of nitrogens with one attached hydrogen (secondary N) is 2. The zero-order valence-electron chi connectivity index (χ0n) is 17.6. The fraction of sp³-hybridized carbons (Fsp3) is 0.300. The molecule has 4 N–H and O–H groups in total. The van der Waals surface area contributed by atoms with Crippen molar-refractivity contribution in [1.29, 1.82) is 0 Å². The number of nitrogens with two attached hydrogens (primary N) is 1. The van der Waals surface area contributed by atoms with E-state index in [1.54, 1.807) is 19.9 Å². The molecule has 0 fully saturated rings. The molecular weight excluding hydrogens is 459 g/mol. The Kier molecular flexibility index (Phi) is 6.91. The molecule has 0 saturated carbocycles. The van der Waals surface area contributed by atoms with E-state index in [9.17, 15) is 17.6 Å². The summed E-state index contributed by atoms with van der Waals surface area (Å²) in [7, 11) is -4.23. The summed E-state index contributed by atoms with van der Waals surface area (Å²) in [6.07, 6.45) is -0.329. The molecule has 3 rings (SSSR count). The molecular formula is C20H22ClFN6O3S. The molecule has 0 aliphatic carbocycles. The number of hydrogen-bond acceptors (Lipinski definition) is 6. The maximum Gasteiger partial charge on any atom is 0.241 e. The molecule has 3 aromatic rings. The van der Waals surface area contributed by atoms with Crippen molar-refractivity contribution in [2.45, 2.75) is 44.0 Å². The van der Waals surface area contributed by atoms with Crippen molar-refractivity contribution in [1.82, 2.24) is 25.3 Å². The van der Waals surface area contributed by atoms with E-state index in [0.29, 0.717) is 11.1 Å². The van der Waals surface area contributed by atoms with E-state index < -0.39 is 33.7 Å². The lowest BCUT2D eigenvalue weighted by molar-refractivity contribution is -0.117. The van der Waals surface area contributed by atoms with Gasteiger partial charge < -0.3 is 5.73 Å². The number of amides is 1. The summed E-state index contributed by atoms with van der Waals surface area (Å²) in [6.45, 7) is 5.26. The Morgan fingerprint density at radius 3 is 2.62 bits per heavy atom. The summed E-state index contributed by atoms with van der Waals surface area (Å²) >= 11 is 5.98. The number of aromatic nitrogens is 4. The summed E-state index contributed by atoms with van der Waals surface area (Å²) in [5.74, 6) is -1.86. The van der Waals surface area contributed by atoms with Crippen molar-refractivity contribution in [3.63, 3.8) is 0 Å². The highest BCUT2D eigenvalue weighted by Gasteiger charge is 2.33. The number of benzene rings is 2. The molecule has 0 spiro atoms. The van der Waals surface area contributed by atoms with E-state index in [-0.39, 0.29) is 27.7 Å². The standard InChI is InChI=1S/C20H22ClFN6O3S/c1-10-4-6-15(22)18(11(10)2)12(3)19(20-24-27-28-25-20)26-32(30,31)16-7-5-14(21)8-13(16)9-17(23)29/h4-8,12,19,26H,9H2,1-3H3,(H2,23,29)(H,24,25,27,28). The van der Waals surface area contributed by atoms with Gasteiger partial charge in [0.05, 0.1) is 17.4 Å². The van der Waals surface area contributed by atoms with Gasteiger partial charge >= 0.3 is 0 Å². The molecule has 1 aromatic heterocycles. The molecule has 1 heterocycles. The summed E-state index contributed by atoms with van der Waals surface area (Å²) in [6, 6.07) is 5.94. The van der Waals surface area contributed by atoms with Crippen LogP contribution >= 0.6 is 11.6 Å². The number of rotatable bonds is 8. The first-order chi connectivity index (χ1) is 15.0. The maximum absolute atomic E-state index is 14.8. The molecule has 2 atom stereocenters. The van der Waals surface area contributed by atoms with Gasteiger partial charge in [-0.05, 0) is 60.4 Å². The molecule has 170 valence electrons. The maximum atomic E-state index is 14.8. The number of aryl methyl sites for hydroxylation is 1. The smallest absolute Gasteiger partial charge is 0.241 e. The molecule has 9 nitrogen and oxygen atoms in total. The van der Waals surface area contributed by atoms with Gasteiger partial charge in [-0.25, -0.2) is 12.8 Å². The van der Waals surface area contributed by atoms with Crippen molar-refractivity contribution >= 4 is 27.5 Å². The molecule has 0 bridgehead atoms. The van der Waals surface area contributed by atoms with E-state index in [1.165, 1.54) is 24.3 Å². The molecule has 2 aromatic carbocycles. The Bertz CT molecular complexity index is 1250. The number of tetrazole rings is 1. The van der Waals surface area contributed by atoms with Crippen LogP contribution in [-0.2, 0) is 21.2 Å². The van der Waals surface area contributed by atoms with Gasteiger partial charge in [0.25, 0.3) is 0 Å². The van der Waals surface area contributed by atoms with Gasteiger partial charge in [0.1, 0.15) is 5.82 Å². The van der Waals surface area contributed by atoms with E-state index in [2.05, 4.69) is 25.3 Å². The molecule has 12 heteroatoms. The first-order valence-corrected chi connectivity index (χ1v) is 11.5. The summed E-state index contributed by atoms with van der Waals surface area (Å²) in [4.78, 5) is 11.3. The Morgan fingerprint density at radius 1 is 1.28 bits per heavy atom. The van der Waals surface area contributed by atoms with Crippen LogP contribution in [0.3, 0.4) is 0 Å². The van der Waals surface area contributed by atoms with Gasteiger partial charge in [-0.1, -0.05) is 29.8 Å². The molecule has 1 amide bonds. The molecule has 2 unspecified atom stereocenters. The number of aromatic amines is 1. The summed E-state index contributed by atoms with van der Waals surface area (Å²) in [5, 5.41) is 13.9. The Labute approximate surface area is 189 Å². The van der Waals surface area contributed by atoms with Gasteiger partial charge in [-0.2, -0.15) is 9.94 Å².